The second kappa shape index (κ2) is 8.78. The molecule has 0 radical (unpaired) electrons. The number of para-hydroxylation sites is 1. The van der Waals surface area contributed by atoms with Crippen molar-refractivity contribution in [3.05, 3.63) is 66.2 Å². The summed E-state index contributed by atoms with van der Waals surface area (Å²) >= 11 is 1.91. The van der Waals surface area contributed by atoms with Crippen LogP contribution >= 0.6 is 11.8 Å². The first kappa shape index (κ1) is 19.6. The third kappa shape index (κ3) is 4.67. The number of rotatable bonds is 7. The van der Waals surface area contributed by atoms with E-state index in [1.165, 1.54) is 10.6 Å². The van der Waals surface area contributed by atoms with E-state index in [1.807, 2.05) is 36.0 Å². The number of carbonyl (C=O) groups is 1. The Hall–Kier alpha value is -2.66. The van der Waals surface area contributed by atoms with Crippen LogP contribution in [0.2, 0.25) is 0 Å². The molecule has 4 rings (SSSR count). The van der Waals surface area contributed by atoms with Gasteiger partial charge in [-0.15, -0.1) is 11.8 Å². The number of thioether (sulfide) groups is 1. The van der Waals surface area contributed by atoms with Gasteiger partial charge in [0.1, 0.15) is 12.4 Å². The van der Waals surface area contributed by atoms with Crippen molar-refractivity contribution in [2.45, 2.75) is 18.2 Å². The number of carboxylic acids is 1. The Labute approximate surface area is 175 Å². The van der Waals surface area contributed by atoms with Gasteiger partial charge in [0.25, 0.3) is 0 Å². The minimum Gasteiger partial charge on any atom is -0.492 e. The van der Waals surface area contributed by atoms with Gasteiger partial charge in [0.05, 0.1) is 18.2 Å². The molecule has 0 fully saturated rings. The van der Waals surface area contributed by atoms with Gasteiger partial charge in [0.2, 0.25) is 0 Å². The van der Waals surface area contributed by atoms with Gasteiger partial charge in [-0.05, 0) is 47.0 Å². The third-order valence-corrected chi connectivity index (χ3v) is 6.34. The molecule has 29 heavy (non-hydrogen) atoms. The molecule has 0 amide bonds. The van der Waals surface area contributed by atoms with E-state index >= 15 is 0 Å². The molecule has 0 bridgehead atoms. The van der Waals surface area contributed by atoms with Gasteiger partial charge in [-0.25, -0.2) is 0 Å². The Balaban J connectivity index is 1.38. The van der Waals surface area contributed by atoms with Crippen molar-refractivity contribution in [3.63, 3.8) is 0 Å². The lowest BCUT2D eigenvalue weighted by Gasteiger charge is -2.30. The first-order valence-corrected chi connectivity index (χ1v) is 10.9. The molecular formula is C24H25NO3S. The molecule has 1 aliphatic heterocycles. The van der Waals surface area contributed by atoms with E-state index in [4.69, 9.17) is 9.84 Å². The summed E-state index contributed by atoms with van der Waals surface area (Å²) in [5.41, 5.74) is 2.34. The van der Waals surface area contributed by atoms with E-state index in [9.17, 15) is 4.79 Å². The Bertz CT molecular complexity index is 1020. The Morgan fingerprint density at radius 3 is 2.79 bits per heavy atom. The van der Waals surface area contributed by atoms with Crippen LogP contribution < -0.4 is 9.64 Å². The van der Waals surface area contributed by atoms with Gasteiger partial charge in [-0.3, -0.25) is 4.79 Å². The van der Waals surface area contributed by atoms with Crippen molar-refractivity contribution in [1.82, 2.24) is 0 Å². The van der Waals surface area contributed by atoms with Crippen LogP contribution in [0.15, 0.2) is 65.6 Å². The molecule has 1 N–H and O–H groups in total. The fourth-order valence-corrected chi connectivity index (χ4v) is 4.71. The van der Waals surface area contributed by atoms with Crippen LogP contribution in [0, 0.1) is 5.92 Å². The molecule has 0 aromatic heterocycles. The molecule has 0 spiro atoms. The zero-order valence-electron chi connectivity index (χ0n) is 16.5. The highest BCUT2D eigenvalue weighted by molar-refractivity contribution is 7.99. The average Bonchev–Trinajstić information content (AvgIpc) is 2.74. The number of ether oxygens (including phenoxy) is 1. The van der Waals surface area contributed by atoms with E-state index in [2.05, 4.69) is 41.3 Å². The predicted molar refractivity (Wildman–Crippen MR) is 119 cm³/mol. The Kier molecular flexibility index (Phi) is 5.95. The molecule has 3 aromatic rings. The first-order valence-electron chi connectivity index (χ1n) is 9.95. The standard InChI is InChI=1S/C24H25NO3S/c1-17(24(26)27)14-18-6-7-20-16-21(9-8-19(20)15-18)28-12-10-25-11-13-29-23-5-3-2-4-22(23)25/h2-9,15-17H,10-14H2,1H3,(H,26,27). The fourth-order valence-electron chi connectivity index (χ4n) is 3.66. The molecule has 1 aliphatic rings. The van der Waals surface area contributed by atoms with Crippen LogP contribution in [-0.2, 0) is 11.2 Å². The molecule has 1 heterocycles. The Morgan fingerprint density at radius 2 is 1.93 bits per heavy atom. The lowest BCUT2D eigenvalue weighted by molar-refractivity contribution is -0.141. The minimum absolute atomic E-state index is 0.381. The highest BCUT2D eigenvalue weighted by Crippen LogP contribution is 2.34. The summed E-state index contributed by atoms with van der Waals surface area (Å²) in [6.45, 7) is 4.28. The van der Waals surface area contributed by atoms with E-state index < -0.39 is 5.97 Å². The van der Waals surface area contributed by atoms with Gasteiger partial charge in [0, 0.05) is 17.2 Å². The lowest BCUT2D eigenvalue weighted by atomic mass is 9.98. The summed E-state index contributed by atoms with van der Waals surface area (Å²) in [5.74, 6) is 0.830. The fraction of sp³-hybridized carbons (Fsp3) is 0.292. The normalized spacial score (nSPS) is 14.4. The molecule has 3 aromatic carbocycles. The molecule has 5 heteroatoms. The molecule has 0 saturated heterocycles. The van der Waals surface area contributed by atoms with Crippen LogP contribution in [-0.4, -0.2) is 36.5 Å². The van der Waals surface area contributed by atoms with Gasteiger partial charge in [0.15, 0.2) is 0 Å². The zero-order valence-corrected chi connectivity index (χ0v) is 17.3. The number of fused-ring (bicyclic) bond motifs is 2. The monoisotopic (exact) mass is 407 g/mol. The van der Waals surface area contributed by atoms with E-state index in [0.29, 0.717) is 13.0 Å². The summed E-state index contributed by atoms with van der Waals surface area (Å²) in [6.07, 6.45) is 0.541. The quantitative estimate of drug-likeness (QED) is 0.591. The zero-order chi connectivity index (χ0) is 20.2. The maximum atomic E-state index is 11.1. The third-order valence-electron chi connectivity index (χ3n) is 5.29. The van der Waals surface area contributed by atoms with Gasteiger partial charge in [-0.1, -0.05) is 43.3 Å². The molecule has 1 unspecified atom stereocenters. The molecule has 0 aliphatic carbocycles. The second-order valence-corrected chi connectivity index (χ2v) is 8.58. The summed E-state index contributed by atoms with van der Waals surface area (Å²) in [6, 6.07) is 20.8. The predicted octanol–water partition coefficient (Wildman–Crippen LogP) is 5.09. The van der Waals surface area contributed by atoms with Crippen molar-refractivity contribution < 1.29 is 14.6 Å². The molecule has 0 saturated carbocycles. The smallest absolute Gasteiger partial charge is 0.306 e. The number of hydrogen-bond acceptors (Lipinski definition) is 4. The largest absolute Gasteiger partial charge is 0.492 e. The van der Waals surface area contributed by atoms with Crippen molar-refractivity contribution in [2.75, 3.05) is 30.3 Å². The lowest BCUT2D eigenvalue weighted by Crippen LogP contribution is -2.33. The average molecular weight is 408 g/mol. The maximum absolute atomic E-state index is 11.1. The van der Waals surface area contributed by atoms with Crippen LogP contribution in [0.4, 0.5) is 5.69 Å². The van der Waals surface area contributed by atoms with Crippen molar-refractivity contribution in [2.24, 2.45) is 5.92 Å². The number of nitrogens with zero attached hydrogens (tertiary/aromatic N) is 1. The summed E-state index contributed by atoms with van der Waals surface area (Å²) in [7, 11) is 0. The molecule has 4 nitrogen and oxygen atoms in total. The topological polar surface area (TPSA) is 49.8 Å². The number of benzene rings is 3. The van der Waals surface area contributed by atoms with Crippen molar-refractivity contribution in [3.8, 4) is 5.75 Å². The van der Waals surface area contributed by atoms with Crippen LogP contribution in [0.25, 0.3) is 10.8 Å². The van der Waals surface area contributed by atoms with Crippen LogP contribution in [0.5, 0.6) is 5.75 Å². The Morgan fingerprint density at radius 1 is 1.14 bits per heavy atom. The van der Waals surface area contributed by atoms with Crippen molar-refractivity contribution in [1.29, 1.82) is 0 Å². The van der Waals surface area contributed by atoms with E-state index in [-0.39, 0.29) is 5.92 Å². The SMILES string of the molecule is CC(Cc1ccc2cc(OCCN3CCSc4ccccc43)ccc2c1)C(=O)O. The highest BCUT2D eigenvalue weighted by atomic mass is 32.2. The van der Waals surface area contributed by atoms with Gasteiger partial charge < -0.3 is 14.7 Å². The van der Waals surface area contributed by atoms with Crippen LogP contribution in [0.1, 0.15) is 12.5 Å². The second-order valence-electron chi connectivity index (χ2n) is 7.44. The minimum atomic E-state index is -0.760. The number of hydrogen-bond donors (Lipinski definition) is 1. The number of carboxylic acid groups (broad SMARTS) is 1. The van der Waals surface area contributed by atoms with Crippen molar-refractivity contribution >= 4 is 34.2 Å². The summed E-state index contributed by atoms with van der Waals surface area (Å²) < 4.78 is 6.03. The number of aliphatic carboxylic acids is 1. The van der Waals surface area contributed by atoms with Crippen LogP contribution in [0.3, 0.4) is 0 Å². The van der Waals surface area contributed by atoms with E-state index in [1.54, 1.807) is 6.92 Å². The molecular weight excluding hydrogens is 382 g/mol. The summed E-state index contributed by atoms with van der Waals surface area (Å²) in [4.78, 5) is 14.8. The number of anilines is 1. The molecule has 1 atom stereocenters. The highest BCUT2D eigenvalue weighted by Gasteiger charge is 2.16. The van der Waals surface area contributed by atoms with Gasteiger partial charge >= 0.3 is 5.97 Å². The summed E-state index contributed by atoms with van der Waals surface area (Å²) in [5, 5.41) is 11.3. The first-order chi connectivity index (χ1) is 14.1. The van der Waals surface area contributed by atoms with E-state index in [0.717, 1.165) is 40.9 Å². The molecule has 150 valence electrons. The van der Waals surface area contributed by atoms with Gasteiger partial charge in [-0.2, -0.15) is 0 Å². The maximum Gasteiger partial charge on any atom is 0.306 e.